The molecule has 1 aliphatic heterocycles. The molecule has 160 valence electrons. The molecule has 1 aromatic heterocycles. The smallest absolute Gasteiger partial charge is 0.267 e. The van der Waals surface area contributed by atoms with Crippen molar-refractivity contribution in [2.24, 2.45) is 10.2 Å². The van der Waals surface area contributed by atoms with Crippen LogP contribution >= 0.6 is 11.8 Å². The molecule has 0 N–H and O–H groups in total. The number of hydrogen-bond donors (Lipinski definition) is 0. The third-order valence-electron chi connectivity index (χ3n) is 4.60. The Kier molecular flexibility index (Phi) is 6.99. The van der Waals surface area contributed by atoms with E-state index in [1.807, 2.05) is 72.8 Å². The fraction of sp³-hybridized carbons (Fsp3) is 0.0800. The Bertz CT molecular complexity index is 1180. The van der Waals surface area contributed by atoms with Gasteiger partial charge in [0.1, 0.15) is 11.5 Å². The minimum absolute atomic E-state index is 0.143. The zero-order chi connectivity index (χ0) is 22.2. The van der Waals surface area contributed by atoms with Crippen LogP contribution in [0.5, 0.6) is 5.75 Å². The van der Waals surface area contributed by atoms with Gasteiger partial charge >= 0.3 is 0 Å². The van der Waals surface area contributed by atoms with Crippen LogP contribution in [0, 0.1) is 0 Å². The molecule has 7 heteroatoms. The molecule has 1 saturated heterocycles. The number of carbonyl (C=O) groups excluding carboxylic acids is 1. The van der Waals surface area contributed by atoms with Crippen LogP contribution in [0.15, 0.2) is 105 Å². The largest absolute Gasteiger partial charge is 0.496 e. The van der Waals surface area contributed by atoms with Crippen molar-refractivity contribution in [3.63, 3.8) is 0 Å². The SMILES string of the molecule is COc1ccccc1/C=N\N=C1\S/C(=C\C=C\c2ccccc2)C(=O)N1Cc1ccco1. The van der Waals surface area contributed by atoms with E-state index >= 15 is 0 Å². The number of nitrogens with zero attached hydrogens (tertiary/aromatic N) is 3. The van der Waals surface area contributed by atoms with Crippen LogP contribution in [0.4, 0.5) is 0 Å². The van der Waals surface area contributed by atoms with E-state index in [0.29, 0.717) is 21.6 Å². The van der Waals surface area contributed by atoms with Gasteiger partial charge in [0.2, 0.25) is 0 Å². The molecule has 0 radical (unpaired) electrons. The number of allylic oxidation sites excluding steroid dienone is 2. The third kappa shape index (κ3) is 5.25. The van der Waals surface area contributed by atoms with Gasteiger partial charge in [0.15, 0.2) is 5.17 Å². The van der Waals surface area contributed by atoms with Crippen LogP contribution in [0.25, 0.3) is 6.08 Å². The first-order valence-electron chi connectivity index (χ1n) is 9.94. The number of thioether (sulfide) groups is 1. The van der Waals surface area contributed by atoms with Crippen molar-refractivity contribution in [3.05, 3.63) is 107 Å². The maximum atomic E-state index is 13.0. The quantitative estimate of drug-likeness (QED) is 0.280. The average Bonchev–Trinajstić information content (AvgIpc) is 3.44. The Morgan fingerprint density at radius 1 is 1.06 bits per heavy atom. The van der Waals surface area contributed by atoms with E-state index in [9.17, 15) is 4.79 Å². The summed E-state index contributed by atoms with van der Waals surface area (Å²) in [4.78, 5) is 15.2. The number of amidine groups is 1. The fourth-order valence-electron chi connectivity index (χ4n) is 3.02. The summed E-state index contributed by atoms with van der Waals surface area (Å²) in [6.07, 6.45) is 8.80. The van der Waals surface area contributed by atoms with Crippen LogP contribution in [-0.4, -0.2) is 29.3 Å². The standard InChI is InChI=1S/C25H21N3O3S/c1-30-22-14-6-5-12-20(22)17-26-27-25-28(18-21-13-8-16-31-21)24(29)23(32-25)15-7-11-19-9-3-2-4-10-19/h2-17H,18H2,1H3/b11-7+,23-15-,26-17-,27-25+. The molecule has 0 bridgehead atoms. The van der Waals surface area contributed by atoms with E-state index < -0.39 is 0 Å². The zero-order valence-electron chi connectivity index (χ0n) is 17.4. The van der Waals surface area contributed by atoms with E-state index in [2.05, 4.69) is 10.2 Å². The highest BCUT2D eigenvalue weighted by atomic mass is 32.2. The van der Waals surface area contributed by atoms with Crippen molar-refractivity contribution >= 4 is 35.1 Å². The van der Waals surface area contributed by atoms with Gasteiger partial charge < -0.3 is 9.15 Å². The lowest BCUT2D eigenvalue weighted by molar-refractivity contribution is -0.122. The van der Waals surface area contributed by atoms with Crippen LogP contribution in [0.3, 0.4) is 0 Å². The van der Waals surface area contributed by atoms with Gasteiger partial charge in [-0.1, -0.05) is 54.6 Å². The lowest BCUT2D eigenvalue weighted by atomic mass is 10.2. The lowest BCUT2D eigenvalue weighted by Gasteiger charge is -2.12. The van der Waals surface area contributed by atoms with Gasteiger partial charge in [-0.2, -0.15) is 5.10 Å². The highest BCUT2D eigenvalue weighted by Gasteiger charge is 2.33. The van der Waals surface area contributed by atoms with Crippen LogP contribution in [0.2, 0.25) is 0 Å². The summed E-state index contributed by atoms with van der Waals surface area (Å²) in [5.74, 6) is 1.22. The molecule has 1 fully saturated rings. The monoisotopic (exact) mass is 443 g/mol. The minimum atomic E-state index is -0.143. The van der Waals surface area contributed by atoms with E-state index in [4.69, 9.17) is 9.15 Å². The molecule has 2 aromatic carbocycles. The number of furan rings is 1. The molecule has 32 heavy (non-hydrogen) atoms. The first-order valence-corrected chi connectivity index (χ1v) is 10.8. The van der Waals surface area contributed by atoms with Crippen molar-refractivity contribution in [2.75, 3.05) is 7.11 Å². The summed E-state index contributed by atoms with van der Waals surface area (Å²) in [5.41, 5.74) is 1.86. The number of carbonyl (C=O) groups is 1. The number of amides is 1. The Labute approximate surface area is 190 Å². The Balaban J connectivity index is 1.57. The molecule has 0 spiro atoms. The summed E-state index contributed by atoms with van der Waals surface area (Å²) in [7, 11) is 1.61. The predicted octanol–water partition coefficient (Wildman–Crippen LogP) is 5.35. The molecule has 0 atom stereocenters. The molecule has 4 rings (SSSR count). The van der Waals surface area contributed by atoms with Crippen molar-refractivity contribution in [2.45, 2.75) is 6.54 Å². The second kappa shape index (κ2) is 10.5. The number of methoxy groups -OCH3 is 1. The highest BCUT2D eigenvalue weighted by Crippen LogP contribution is 2.32. The Morgan fingerprint density at radius 2 is 1.88 bits per heavy atom. The first-order chi connectivity index (χ1) is 15.7. The van der Waals surface area contributed by atoms with E-state index in [1.54, 1.807) is 36.6 Å². The topological polar surface area (TPSA) is 67.4 Å². The zero-order valence-corrected chi connectivity index (χ0v) is 18.2. The second-order valence-corrected chi connectivity index (χ2v) is 7.75. The summed E-state index contributed by atoms with van der Waals surface area (Å²) in [6.45, 7) is 0.279. The highest BCUT2D eigenvalue weighted by molar-refractivity contribution is 8.18. The van der Waals surface area contributed by atoms with Gasteiger partial charge in [0.05, 0.1) is 31.0 Å². The van der Waals surface area contributed by atoms with Gasteiger partial charge in [0.25, 0.3) is 5.91 Å². The van der Waals surface area contributed by atoms with Crippen molar-refractivity contribution in [1.29, 1.82) is 0 Å². The van der Waals surface area contributed by atoms with Gasteiger partial charge in [0, 0.05) is 5.56 Å². The van der Waals surface area contributed by atoms with Crippen molar-refractivity contribution < 1.29 is 13.9 Å². The average molecular weight is 444 g/mol. The molecular formula is C25H21N3O3S. The molecule has 0 unspecified atom stereocenters. The van der Waals surface area contributed by atoms with E-state index in [1.165, 1.54) is 11.8 Å². The molecule has 2 heterocycles. The normalized spacial score (nSPS) is 16.8. The number of hydrogen-bond acceptors (Lipinski definition) is 6. The maximum Gasteiger partial charge on any atom is 0.267 e. The van der Waals surface area contributed by atoms with Crippen LogP contribution in [-0.2, 0) is 11.3 Å². The van der Waals surface area contributed by atoms with Gasteiger partial charge in [-0.15, -0.1) is 5.10 Å². The Morgan fingerprint density at radius 3 is 2.66 bits per heavy atom. The van der Waals surface area contributed by atoms with Crippen molar-refractivity contribution in [3.8, 4) is 5.75 Å². The third-order valence-corrected chi connectivity index (χ3v) is 5.61. The summed E-state index contributed by atoms with van der Waals surface area (Å²) < 4.78 is 10.8. The van der Waals surface area contributed by atoms with Crippen LogP contribution in [0.1, 0.15) is 16.9 Å². The second-order valence-electron chi connectivity index (χ2n) is 6.74. The van der Waals surface area contributed by atoms with Gasteiger partial charge in [-0.05, 0) is 47.7 Å². The molecular weight excluding hydrogens is 422 g/mol. The summed E-state index contributed by atoms with van der Waals surface area (Å²) >= 11 is 1.28. The van der Waals surface area contributed by atoms with E-state index in [0.717, 1.165) is 11.1 Å². The number of rotatable bonds is 7. The first kappa shape index (κ1) is 21.4. The van der Waals surface area contributed by atoms with Crippen LogP contribution < -0.4 is 4.74 Å². The number of benzene rings is 2. The predicted molar refractivity (Wildman–Crippen MR) is 128 cm³/mol. The molecule has 6 nitrogen and oxygen atoms in total. The number of para-hydroxylation sites is 1. The molecule has 0 aliphatic carbocycles. The fourth-order valence-corrected chi connectivity index (χ4v) is 3.91. The maximum absolute atomic E-state index is 13.0. The molecule has 0 saturated carbocycles. The summed E-state index contributed by atoms with van der Waals surface area (Å²) in [5, 5.41) is 9.00. The molecule has 3 aromatic rings. The number of ether oxygens (including phenoxy) is 1. The Hall–Kier alpha value is -3.84. The van der Waals surface area contributed by atoms with Gasteiger partial charge in [-0.25, -0.2) is 0 Å². The minimum Gasteiger partial charge on any atom is -0.496 e. The molecule has 1 amide bonds. The lowest BCUT2D eigenvalue weighted by Crippen LogP contribution is -2.28. The summed E-state index contributed by atoms with van der Waals surface area (Å²) in [6, 6.07) is 21.0. The van der Waals surface area contributed by atoms with E-state index in [-0.39, 0.29) is 12.5 Å². The van der Waals surface area contributed by atoms with Gasteiger partial charge in [-0.3, -0.25) is 9.69 Å². The van der Waals surface area contributed by atoms with Crippen molar-refractivity contribution in [1.82, 2.24) is 4.90 Å². The molecule has 1 aliphatic rings.